The Kier molecular flexibility index (Phi) is 5.47. The molecule has 0 spiro atoms. The predicted octanol–water partition coefficient (Wildman–Crippen LogP) is 1.78. The molecule has 116 valence electrons. The lowest BCUT2D eigenvalue weighted by Gasteiger charge is -2.31. The molecular weight excluding hydrogens is 268 g/mol. The molecule has 2 heterocycles. The zero-order chi connectivity index (χ0) is 15.2. The van der Waals surface area contributed by atoms with Crippen molar-refractivity contribution < 1.29 is 9.53 Å². The third-order valence-electron chi connectivity index (χ3n) is 3.82. The summed E-state index contributed by atoms with van der Waals surface area (Å²) in [5.41, 5.74) is 1.96. The number of rotatable bonds is 5. The van der Waals surface area contributed by atoms with Crippen molar-refractivity contribution in [3.63, 3.8) is 0 Å². The molecule has 1 saturated heterocycles. The van der Waals surface area contributed by atoms with Crippen LogP contribution in [0.3, 0.4) is 0 Å². The summed E-state index contributed by atoms with van der Waals surface area (Å²) in [5, 5.41) is 8.51. The molecule has 0 amide bonds. The van der Waals surface area contributed by atoms with E-state index in [1.54, 1.807) is 0 Å². The molecule has 21 heavy (non-hydrogen) atoms. The number of nitrogens with zero attached hydrogens (tertiary/aromatic N) is 4. The highest BCUT2D eigenvalue weighted by Crippen LogP contribution is 2.21. The van der Waals surface area contributed by atoms with Crippen molar-refractivity contribution in [1.82, 2.24) is 15.2 Å². The van der Waals surface area contributed by atoms with Crippen molar-refractivity contribution in [2.45, 2.75) is 46.5 Å². The van der Waals surface area contributed by atoms with E-state index in [0.29, 0.717) is 19.1 Å². The summed E-state index contributed by atoms with van der Waals surface area (Å²) in [6, 6.07) is 0. The fourth-order valence-electron chi connectivity index (χ4n) is 2.67. The molecule has 0 aliphatic carbocycles. The highest BCUT2D eigenvalue weighted by molar-refractivity contribution is 5.73. The molecule has 6 nitrogen and oxygen atoms in total. The van der Waals surface area contributed by atoms with Crippen LogP contribution in [0.15, 0.2) is 0 Å². The molecule has 2 rings (SSSR count). The number of carbonyl (C=O) groups excluding carboxylic acids is 1. The van der Waals surface area contributed by atoms with Gasteiger partial charge in [0.15, 0.2) is 0 Å². The quantitative estimate of drug-likeness (QED) is 0.771. The summed E-state index contributed by atoms with van der Waals surface area (Å²) in [7, 11) is 0. The number of ether oxygens (including phenoxy) is 1. The van der Waals surface area contributed by atoms with E-state index in [1.165, 1.54) is 0 Å². The van der Waals surface area contributed by atoms with E-state index in [2.05, 4.69) is 33.9 Å². The normalized spacial score (nSPS) is 18.6. The van der Waals surface area contributed by atoms with Crippen LogP contribution >= 0.6 is 0 Å². The minimum Gasteiger partial charge on any atom is -0.466 e. The van der Waals surface area contributed by atoms with Crippen LogP contribution in [-0.4, -0.2) is 40.8 Å². The summed E-state index contributed by atoms with van der Waals surface area (Å²) < 4.78 is 5.12. The van der Waals surface area contributed by atoms with Gasteiger partial charge in [0.1, 0.15) is 0 Å². The van der Waals surface area contributed by atoms with Crippen LogP contribution in [0.25, 0.3) is 0 Å². The smallest absolute Gasteiger partial charge is 0.310 e. The van der Waals surface area contributed by atoms with Crippen LogP contribution < -0.4 is 4.90 Å². The van der Waals surface area contributed by atoms with Crippen LogP contribution in [0.1, 0.15) is 45.0 Å². The number of anilines is 1. The Morgan fingerprint density at radius 1 is 1.24 bits per heavy atom. The zero-order valence-electron chi connectivity index (χ0n) is 13.1. The predicted molar refractivity (Wildman–Crippen MR) is 80.2 cm³/mol. The van der Waals surface area contributed by atoms with E-state index in [0.717, 1.165) is 43.6 Å². The Morgan fingerprint density at radius 3 is 2.67 bits per heavy atom. The second kappa shape index (κ2) is 7.33. The van der Waals surface area contributed by atoms with Crippen molar-refractivity contribution in [1.29, 1.82) is 0 Å². The number of hydrogen-bond acceptors (Lipinski definition) is 6. The van der Waals surface area contributed by atoms with Crippen molar-refractivity contribution in [2.75, 3.05) is 24.6 Å². The van der Waals surface area contributed by atoms with Crippen LogP contribution in [0.4, 0.5) is 5.95 Å². The fraction of sp³-hybridized carbons (Fsp3) is 0.733. The maximum atomic E-state index is 11.9. The largest absolute Gasteiger partial charge is 0.466 e. The van der Waals surface area contributed by atoms with Gasteiger partial charge in [-0.2, -0.15) is 5.10 Å². The van der Waals surface area contributed by atoms with E-state index in [1.807, 2.05) is 6.92 Å². The summed E-state index contributed by atoms with van der Waals surface area (Å²) in [6.45, 7) is 7.88. The maximum absolute atomic E-state index is 11.9. The zero-order valence-corrected chi connectivity index (χ0v) is 13.1. The highest BCUT2D eigenvalue weighted by Gasteiger charge is 2.28. The maximum Gasteiger partial charge on any atom is 0.310 e. The second-order valence-corrected chi connectivity index (χ2v) is 5.25. The Bertz CT molecular complexity index is 493. The molecule has 0 radical (unpaired) electrons. The Labute approximate surface area is 125 Å². The van der Waals surface area contributed by atoms with E-state index in [-0.39, 0.29) is 11.9 Å². The van der Waals surface area contributed by atoms with Crippen molar-refractivity contribution in [3.8, 4) is 0 Å². The minimum atomic E-state index is -0.115. The molecule has 6 heteroatoms. The lowest BCUT2D eigenvalue weighted by molar-refractivity contribution is -0.148. The fourth-order valence-corrected chi connectivity index (χ4v) is 2.67. The van der Waals surface area contributed by atoms with Gasteiger partial charge >= 0.3 is 5.97 Å². The highest BCUT2D eigenvalue weighted by atomic mass is 16.5. The summed E-state index contributed by atoms with van der Waals surface area (Å²) in [4.78, 5) is 18.6. The van der Waals surface area contributed by atoms with Crippen molar-refractivity contribution in [2.24, 2.45) is 5.92 Å². The summed E-state index contributed by atoms with van der Waals surface area (Å²) in [5.74, 6) is 0.437. The molecule has 1 unspecified atom stereocenters. The molecule has 0 saturated carbocycles. The lowest BCUT2D eigenvalue weighted by atomic mass is 9.98. The minimum absolute atomic E-state index is 0.0850. The van der Waals surface area contributed by atoms with Crippen LogP contribution in [-0.2, 0) is 22.4 Å². The van der Waals surface area contributed by atoms with Crippen molar-refractivity contribution in [3.05, 3.63) is 11.4 Å². The molecular formula is C15H24N4O2. The van der Waals surface area contributed by atoms with Gasteiger partial charge < -0.3 is 9.64 Å². The second-order valence-electron chi connectivity index (χ2n) is 5.25. The molecule has 1 aromatic rings. The molecule has 0 aromatic carbocycles. The first kappa shape index (κ1) is 15.7. The van der Waals surface area contributed by atoms with Gasteiger partial charge in [0.2, 0.25) is 5.95 Å². The third-order valence-corrected chi connectivity index (χ3v) is 3.82. The molecule has 1 aliphatic heterocycles. The molecule has 1 aromatic heterocycles. The SMILES string of the molecule is CCOC(=O)C1CCCN(c2nnc(CC)c(CC)n2)C1. The standard InChI is InChI=1S/C15H24N4O2/c1-4-12-13(5-2)17-18-15(16-12)19-9-7-8-11(10-19)14(20)21-6-3/h11H,4-10H2,1-3H3. The summed E-state index contributed by atoms with van der Waals surface area (Å²) in [6.07, 6.45) is 3.51. The Balaban J connectivity index is 2.12. The number of aryl methyl sites for hydroxylation is 2. The number of aromatic nitrogens is 3. The van der Waals surface area contributed by atoms with Gasteiger partial charge in [0.25, 0.3) is 0 Å². The average molecular weight is 292 g/mol. The molecule has 0 bridgehead atoms. The number of piperidine rings is 1. The first-order valence-corrected chi connectivity index (χ1v) is 7.83. The van der Waals surface area contributed by atoms with Gasteiger partial charge in [0, 0.05) is 13.1 Å². The van der Waals surface area contributed by atoms with Gasteiger partial charge in [-0.3, -0.25) is 4.79 Å². The number of carbonyl (C=O) groups is 1. The molecule has 1 fully saturated rings. The van der Waals surface area contributed by atoms with Crippen LogP contribution in [0.5, 0.6) is 0 Å². The lowest BCUT2D eigenvalue weighted by Crippen LogP contribution is -2.40. The van der Waals surface area contributed by atoms with E-state index >= 15 is 0 Å². The van der Waals surface area contributed by atoms with E-state index in [4.69, 9.17) is 4.74 Å². The van der Waals surface area contributed by atoms with Crippen LogP contribution in [0.2, 0.25) is 0 Å². The van der Waals surface area contributed by atoms with Gasteiger partial charge in [0.05, 0.1) is 23.9 Å². The van der Waals surface area contributed by atoms with E-state index < -0.39 is 0 Å². The summed E-state index contributed by atoms with van der Waals surface area (Å²) >= 11 is 0. The molecule has 1 atom stereocenters. The number of esters is 1. The van der Waals surface area contributed by atoms with Crippen molar-refractivity contribution >= 4 is 11.9 Å². The first-order chi connectivity index (χ1) is 10.2. The first-order valence-electron chi connectivity index (χ1n) is 7.83. The number of hydrogen-bond donors (Lipinski definition) is 0. The van der Waals surface area contributed by atoms with E-state index in [9.17, 15) is 4.79 Å². The van der Waals surface area contributed by atoms with Gasteiger partial charge in [-0.15, -0.1) is 5.10 Å². The topological polar surface area (TPSA) is 68.2 Å². The Hall–Kier alpha value is -1.72. The van der Waals surface area contributed by atoms with Gasteiger partial charge in [-0.25, -0.2) is 4.98 Å². The van der Waals surface area contributed by atoms with Crippen LogP contribution in [0, 0.1) is 5.92 Å². The monoisotopic (exact) mass is 292 g/mol. The van der Waals surface area contributed by atoms with Gasteiger partial charge in [-0.05, 0) is 32.6 Å². The average Bonchev–Trinajstić information content (AvgIpc) is 2.54. The Morgan fingerprint density at radius 2 is 2.00 bits per heavy atom. The molecule has 0 N–H and O–H groups in total. The van der Waals surface area contributed by atoms with Gasteiger partial charge in [-0.1, -0.05) is 13.8 Å². The molecule has 1 aliphatic rings. The third kappa shape index (κ3) is 3.68.